The van der Waals surface area contributed by atoms with E-state index in [9.17, 15) is 22.7 Å². The van der Waals surface area contributed by atoms with Crippen LogP contribution in [0, 0.1) is 5.82 Å². The van der Waals surface area contributed by atoms with Crippen LogP contribution in [0.4, 0.5) is 21.5 Å². The molecule has 3 rings (SSSR count). The standard InChI is InChI=1S/C22H21FN2O4S/c1-30(28,29)25-19-9-4-15(5-10-19)2-3-16-6-13-20(22(26)27)21(14-16)24-18-11-7-17(23)8-12-18/h4-14,24-25H,2-3H2,1H3,(H,26,27). The first kappa shape index (κ1) is 21.3. The Bertz CT molecular complexity index is 1140. The number of aryl methyl sites for hydroxylation is 2. The molecule has 0 aliphatic heterocycles. The number of halogens is 1. The molecule has 0 aliphatic carbocycles. The molecule has 0 fully saturated rings. The summed E-state index contributed by atoms with van der Waals surface area (Å²) in [7, 11) is -3.32. The largest absolute Gasteiger partial charge is 0.478 e. The molecule has 0 bridgehead atoms. The molecule has 156 valence electrons. The number of carboxylic acid groups (broad SMARTS) is 1. The molecular weight excluding hydrogens is 407 g/mol. The first-order valence-corrected chi connectivity index (χ1v) is 11.0. The van der Waals surface area contributed by atoms with Crippen LogP contribution in [0.3, 0.4) is 0 Å². The second kappa shape index (κ2) is 8.96. The van der Waals surface area contributed by atoms with Gasteiger partial charge < -0.3 is 10.4 Å². The first-order chi connectivity index (χ1) is 14.2. The zero-order chi connectivity index (χ0) is 21.7. The minimum Gasteiger partial charge on any atom is -0.478 e. The van der Waals surface area contributed by atoms with E-state index in [1.807, 2.05) is 12.1 Å². The number of carbonyl (C=O) groups is 1. The number of carboxylic acids is 1. The summed E-state index contributed by atoms with van der Waals surface area (Å²) in [6.45, 7) is 0. The predicted molar refractivity (Wildman–Crippen MR) is 115 cm³/mol. The van der Waals surface area contributed by atoms with Crippen molar-refractivity contribution in [3.8, 4) is 0 Å². The number of nitrogens with one attached hydrogen (secondary N) is 2. The number of anilines is 3. The number of benzene rings is 3. The molecule has 0 saturated carbocycles. The highest BCUT2D eigenvalue weighted by Crippen LogP contribution is 2.24. The maximum atomic E-state index is 13.1. The van der Waals surface area contributed by atoms with E-state index in [-0.39, 0.29) is 11.4 Å². The van der Waals surface area contributed by atoms with E-state index < -0.39 is 16.0 Å². The van der Waals surface area contributed by atoms with Gasteiger partial charge in [0.15, 0.2) is 0 Å². The van der Waals surface area contributed by atoms with Gasteiger partial charge in [-0.15, -0.1) is 0 Å². The molecule has 0 atom stereocenters. The normalized spacial score (nSPS) is 11.1. The van der Waals surface area contributed by atoms with Crippen molar-refractivity contribution >= 4 is 33.1 Å². The molecular formula is C22H21FN2O4S. The van der Waals surface area contributed by atoms with Gasteiger partial charge in [-0.25, -0.2) is 17.6 Å². The van der Waals surface area contributed by atoms with Crippen LogP contribution in [0.1, 0.15) is 21.5 Å². The number of rotatable bonds is 8. The van der Waals surface area contributed by atoms with Gasteiger partial charge in [0.05, 0.1) is 17.5 Å². The monoisotopic (exact) mass is 428 g/mol. The SMILES string of the molecule is CS(=O)(=O)Nc1ccc(CCc2ccc(C(=O)O)c(Nc3ccc(F)cc3)c2)cc1. The number of sulfonamides is 1. The summed E-state index contributed by atoms with van der Waals surface area (Å²) in [6.07, 6.45) is 2.46. The van der Waals surface area contributed by atoms with Crippen LogP contribution in [0.5, 0.6) is 0 Å². The summed E-state index contributed by atoms with van der Waals surface area (Å²) in [5.41, 5.74) is 3.59. The van der Waals surface area contributed by atoms with Crippen molar-refractivity contribution in [2.24, 2.45) is 0 Å². The van der Waals surface area contributed by atoms with Crippen molar-refractivity contribution in [3.63, 3.8) is 0 Å². The highest BCUT2D eigenvalue weighted by atomic mass is 32.2. The average Bonchev–Trinajstić information content (AvgIpc) is 2.68. The van der Waals surface area contributed by atoms with Gasteiger partial charge in [-0.2, -0.15) is 0 Å². The third-order valence-corrected chi connectivity index (χ3v) is 5.00. The van der Waals surface area contributed by atoms with Crippen molar-refractivity contribution in [2.75, 3.05) is 16.3 Å². The second-order valence-corrected chi connectivity index (χ2v) is 8.64. The number of hydrogen-bond donors (Lipinski definition) is 3. The lowest BCUT2D eigenvalue weighted by Gasteiger charge is -2.12. The van der Waals surface area contributed by atoms with Crippen molar-refractivity contribution in [1.82, 2.24) is 0 Å². The molecule has 0 saturated heterocycles. The van der Waals surface area contributed by atoms with Gasteiger partial charge in [0.25, 0.3) is 0 Å². The molecule has 6 nitrogen and oxygen atoms in total. The topological polar surface area (TPSA) is 95.5 Å². The fraction of sp³-hybridized carbons (Fsp3) is 0.136. The Morgan fingerprint density at radius 1 is 0.900 bits per heavy atom. The molecule has 3 aromatic carbocycles. The Morgan fingerprint density at radius 3 is 2.07 bits per heavy atom. The van der Waals surface area contributed by atoms with Crippen LogP contribution in [0.25, 0.3) is 0 Å². The summed E-state index contributed by atoms with van der Waals surface area (Å²) in [4.78, 5) is 11.5. The summed E-state index contributed by atoms with van der Waals surface area (Å²) in [6, 6.07) is 17.8. The Balaban J connectivity index is 1.73. The molecule has 3 aromatic rings. The van der Waals surface area contributed by atoms with Gasteiger partial charge in [-0.3, -0.25) is 4.72 Å². The quantitative estimate of drug-likeness (QED) is 0.494. The van der Waals surface area contributed by atoms with Crippen LogP contribution in [0.15, 0.2) is 66.7 Å². The van der Waals surface area contributed by atoms with Crippen LogP contribution < -0.4 is 10.0 Å². The summed E-state index contributed by atoms with van der Waals surface area (Å²) < 4.78 is 38.1. The molecule has 8 heteroatoms. The fourth-order valence-electron chi connectivity index (χ4n) is 2.97. The highest BCUT2D eigenvalue weighted by molar-refractivity contribution is 7.92. The van der Waals surface area contributed by atoms with Gasteiger partial charge in [0.2, 0.25) is 10.0 Å². The number of aromatic carboxylic acids is 1. The molecule has 0 heterocycles. The lowest BCUT2D eigenvalue weighted by atomic mass is 10.0. The Labute approximate surface area is 174 Å². The summed E-state index contributed by atoms with van der Waals surface area (Å²) >= 11 is 0. The van der Waals surface area contributed by atoms with Gasteiger partial charge in [-0.05, 0) is 72.5 Å². The van der Waals surface area contributed by atoms with Crippen molar-refractivity contribution in [3.05, 3.63) is 89.2 Å². The van der Waals surface area contributed by atoms with Crippen LogP contribution in [0.2, 0.25) is 0 Å². The molecule has 0 radical (unpaired) electrons. The van der Waals surface area contributed by atoms with E-state index in [0.29, 0.717) is 29.9 Å². The van der Waals surface area contributed by atoms with Crippen molar-refractivity contribution in [1.29, 1.82) is 0 Å². The van der Waals surface area contributed by atoms with E-state index in [1.165, 1.54) is 12.1 Å². The Kier molecular flexibility index (Phi) is 6.37. The summed E-state index contributed by atoms with van der Waals surface area (Å²) in [5, 5.41) is 12.5. The minimum absolute atomic E-state index is 0.124. The molecule has 0 unspecified atom stereocenters. The summed E-state index contributed by atoms with van der Waals surface area (Å²) in [5.74, 6) is -1.43. The van der Waals surface area contributed by atoms with Gasteiger partial charge in [0.1, 0.15) is 5.82 Å². The van der Waals surface area contributed by atoms with Crippen LogP contribution >= 0.6 is 0 Å². The van der Waals surface area contributed by atoms with E-state index in [2.05, 4.69) is 10.0 Å². The van der Waals surface area contributed by atoms with Gasteiger partial charge in [0, 0.05) is 11.4 Å². The molecule has 0 aromatic heterocycles. The van der Waals surface area contributed by atoms with Crippen LogP contribution in [-0.2, 0) is 22.9 Å². The van der Waals surface area contributed by atoms with Gasteiger partial charge >= 0.3 is 5.97 Å². The zero-order valence-corrected chi connectivity index (χ0v) is 17.0. The van der Waals surface area contributed by atoms with Crippen LogP contribution in [-0.4, -0.2) is 25.7 Å². The average molecular weight is 428 g/mol. The van der Waals surface area contributed by atoms with E-state index >= 15 is 0 Å². The molecule has 0 aliphatic rings. The smallest absolute Gasteiger partial charge is 0.337 e. The third kappa shape index (κ3) is 6.05. The lowest BCUT2D eigenvalue weighted by molar-refractivity contribution is 0.0698. The van der Waals surface area contributed by atoms with E-state index in [4.69, 9.17) is 0 Å². The Hall–Kier alpha value is -3.39. The van der Waals surface area contributed by atoms with Crippen molar-refractivity contribution in [2.45, 2.75) is 12.8 Å². The molecule has 0 amide bonds. The zero-order valence-electron chi connectivity index (χ0n) is 16.2. The van der Waals surface area contributed by atoms with E-state index in [0.717, 1.165) is 17.4 Å². The second-order valence-electron chi connectivity index (χ2n) is 6.89. The maximum Gasteiger partial charge on any atom is 0.337 e. The minimum atomic E-state index is -3.32. The highest BCUT2D eigenvalue weighted by Gasteiger charge is 2.11. The fourth-order valence-corrected chi connectivity index (χ4v) is 3.53. The third-order valence-electron chi connectivity index (χ3n) is 4.40. The van der Waals surface area contributed by atoms with Crippen molar-refractivity contribution < 1.29 is 22.7 Å². The molecule has 0 spiro atoms. The number of hydrogen-bond acceptors (Lipinski definition) is 4. The van der Waals surface area contributed by atoms with E-state index in [1.54, 1.807) is 42.5 Å². The predicted octanol–water partition coefficient (Wildman–Crippen LogP) is 4.42. The van der Waals surface area contributed by atoms with Gasteiger partial charge in [-0.1, -0.05) is 18.2 Å². The molecule has 3 N–H and O–H groups in total. The maximum absolute atomic E-state index is 13.1. The Morgan fingerprint density at radius 2 is 1.47 bits per heavy atom. The first-order valence-electron chi connectivity index (χ1n) is 9.15. The molecule has 30 heavy (non-hydrogen) atoms. The lowest BCUT2D eigenvalue weighted by Crippen LogP contribution is -2.09.